The summed E-state index contributed by atoms with van der Waals surface area (Å²) in [5.74, 6) is -0.831. The van der Waals surface area contributed by atoms with Crippen molar-refractivity contribution >= 4 is 27.5 Å². The Hall–Kier alpha value is -1.42. The van der Waals surface area contributed by atoms with Crippen LogP contribution in [-0.2, 0) is 6.54 Å². The number of rotatable bonds is 5. The molecule has 17 heavy (non-hydrogen) atoms. The maximum absolute atomic E-state index is 11.2. The molecule has 90 valence electrons. The summed E-state index contributed by atoms with van der Waals surface area (Å²) in [5, 5.41) is 9.65. The molecule has 0 aliphatic carbocycles. The molecule has 0 fully saturated rings. The third-order valence-corrected chi connectivity index (χ3v) is 3.93. The Balaban J connectivity index is 2.41. The summed E-state index contributed by atoms with van der Waals surface area (Å²) in [6.07, 6.45) is 3.31. The first kappa shape index (κ1) is 12.0. The van der Waals surface area contributed by atoms with Gasteiger partial charge in [0.1, 0.15) is 4.70 Å². The summed E-state index contributed by atoms with van der Waals surface area (Å²) in [5.41, 5.74) is 1.03. The second kappa shape index (κ2) is 5.27. The summed E-state index contributed by atoms with van der Waals surface area (Å²) >= 11 is 1.35. The number of carboxylic acids is 1. The zero-order chi connectivity index (χ0) is 12.3. The van der Waals surface area contributed by atoms with Gasteiger partial charge in [-0.1, -0.05) is 36.8 Å². The number of aryl methyl sites for hydroxylation is 1. The number of aromatic nitrogens is 1. The van der Waals surface area contributed by atoms with Gasteiger partial charge in [-0.3, -0.25) is 0 Å². The van der Waals surface area contributed by atoms with Gasteiger partial charge in [0.2, 0.25) is 5.52 Å². The monoisotopic (exact) mass is 250 g/mol. The lowest BCUT2D eigenvalue weighted by atomic mass is 10.2. The smallest absolute Gasteiger partial charge is 0.412 e. The zero-order valence-corrected chi connectivity index (χ0v) is 10.7. The Kier molecular flexibility index (Phi) is 3.74. The van der Waals surface area contributed by atoms with E-state index < -0.39 is 5.97 Å². The first-order chi connectivity index (χ1) is 8.24. The Bertz CT molecular complexity index is 533. The van der Waals surface area contributed by atoms with E-state index >= 15 is 0 Å². The van der Waals surface area contributed by atoms with Gasteiger partial charge in [0.15, 0.2) is 6.54 Å². The van der Waals surface area contributed by atoms with Crippen molar-refractivity contribution in [3.05, 3.63) is 29.3 Å². The number of nitrogens with zero attached hydrogens (tertiary/aromatic N) is 1. The van der Waals surface area contributed by atoms with Crippen LogP contribution in [0.4, 0.5) is 0 Å². The largest absolute Gasteiger partial charge is 0.473 e. The summed E-state index contributed by atoms with van der Waals surface area (Å²) in [6.45, 7) is 2.94. The van der Waals surface area contributed by atoms with Crippen LogP contribution in [-0.4, -0.2) is 11.1 Å². The second-order valence-electron chi connectivity index (χ2n) is 4.04. The van der Waals surface area contributed by atoms with E-state index in [0.29, 0.717) is 5.01 Å². The van der Waals surface area contributed by atoms with E-state index in [2.05, 4.69) is 6.92 Å². The Morgan fingerprint density at radius 2 is 2.12 bits per heavy atom. The SMILES string of the molecule is CCCCC[n+]1c(C(=O)O)sc2ccccc21. The first-order valence-corrected chi connectivity index (χ1v) is 6.70. The molecule has 0 radical (unpaired) electrons. The van der Waals surface area contributed by atoms with Gasteiger partial charge in [-0.15, -0.1) is 0 Å². The van der Waals surface area contributed by atoms with E-state index in [-0.39, 0.29) is 0 Å². The van der Waals surface area contributed by atoms with E-state index in [4.69, 9.17) is 0 Å². The molecule has 2 aromatic rings. The summed E-state index contributed by atoms with van der Waals surface area (Å²) in [6, 6.07) is 7.87. The van der Waals surface area contributed by atoms with Gasteiger partial charge in [0.25, 0.3) is 0 Å². The van der Waals surface area contributed by atoms with Crippen LogP contribution in [0.15, 0.2) is 24.3 Å². The van der Waals surface area contributed by atoms with E-state index in [1.54, 1.807) is 0 Å². The van der Waals surface area contributed by atoms with Gasteiger partial charge in [0.05, 0.1) is 0 Å². The molecule has 3 nitrogen and oxygen atoms in total. The molecule has 0 unspecified atom stereocenters. The Morgan fingerprint density at radius 3 is 2.82 bits per heavy atom. The van der Waals surface area contributed by atoms with Crippen molar-refractivity contribution in [3.63, 3.8) is 0 Å². The molecular formula is C13H16NO2S+. The quantitative estimate of drug-likeness (QED) is 0.654. The molecule has 0 spiro atoms. The summed E-state index contributed by atoms with van der Waals surface area (Å²) in [4.78, 5) is 11.2. The molecule has 1 N–H and O–H groups in total. The van der Waals surface area contributed by atoms with Gasteiger partial charge in [-0.05, 0) is 12.5 Å². The Labute approximate surface area is 104 Å². The number of thiazole rings is 1. The summed E-state index contributed by atoms with van der Waals surface area (Å²) < 4.78 is 2.97. The van der Waals surface area contributed by atoms with Crippen molar-refractivity contribution in [2.24, 2.45) is 0 Å². The number of hydrogen-bond acceptors (Lipinski definition) is 2. The number of unbranched alkanes of at least 4 members (excludes halogenated alkanes) is 2. The highest BCUT2D eigenvalue weighted by atomic mass is 32.1. The summed E-state index contributed by atoms with van der Waals surface area (Å²) in [7, 11) is 0. The average Bonchev–Trinajstić information content (AvgIpc) is 2.69. The number of fused-ring (bicyclic) bond motifs is 1. The minimum absolute atomic E-state index is 0.433. The van der Waals surface area contributed by atoms with Crippen LogP contribution in [0.25, 0.3) is 10.2 Å². The maximum atomic E-state index is 11.2. The molecule has 1 aromatic heterocycles. The number of carbonyl (C=O) groups is 1. The predicted octanol–water partition coefficient (Wildman–Crippen LogP) is 3.08. The predicted molar refractivity (Wildman–Crippen MR) is 68.5 cm³/mol. The standard InChI is InChI=1S/C13H15NO2S/c1-2-3-6-9-14-10-7-4-5-8-11(10)17-12(14)13(15)16/h4-5,7-8H,2-3,6,9H2,1H3/p+1. The van der Waals surface area contributed by atoms with Crippen molar-refractivity contribution in [1.29, 1.82) is 0 Å². The van der Waals surface area contributed by atoms with Crippen LogP contribution in [0.1, 0.15) is 36.0 Å². The van der Waals surface area contributed by atoms with Gasteiger partial charge in [-0.25, -0.2) is 4.79 Å². The maximum Gasteiger partial charge on any atom is 0.412 e. The number of hydrogen-bond donors (Lipinski definition) is 1. The molecule has 0 saturated carbocycles. The molecule has 0 saturated heterocycles. The highest BCUT2D eigenvalue weighted by Crippen LogP contribution is 2.20. The van der Waals surface area contributed by atoms with E-state index in [0.717, 1.165) is 36.0 Å². The van der Waals surface area contributed by atoms with Crippen LogP contribution < -0.4 is 4.57 Å². The van der Waals surface area contributed by atoms with E-state index in [1.165, 1.54) is 11.3 Å². The van der Waals surface area contributed by atoms with Crippen LogP contribution in [0.2, 0.25) is 0 Å². The molecule has 4 heteroatoms. The normalized spacial score (nSPS) is 10.9. The second-order valence-corrected chi connectivity index (χ2v) is 5.07. The number of carboxylic acid groups (broad SMARTS) is 1. The number of para-hydroxylation sites is 1. The topological polar surface area (TPSA) is 41.2 Å². The fraction of sp³-hybridized carbons (Fsp3) is 0.385. The molecule has 0 aliphatic rings. The minimum Gasteiger partial charge on any atom is -0.473 e. The van der Waals surface area contributed by atoms with Crippen molar-refractivity contribution < 1.29 is 14.5 Å². The third-order valence-electron chi connectivity index (χ3n) is 2.78. The fourth-order valence-corrected chi connectivity index (χ4v) is 2.96. The van der Waals surface area contributed by atoms with Gasteiger partial charge >= 0.3 is 11.0 Å². The molecule has 0 atom stereocenters. The fourth-order valence-electron chi connectivity index (χ4n) is 1.94. The molecule has 1 heterocycles. The van der Waals surface area contributed by atoms with Crippen molar-refractivity contribution in [3.8, 4) is 0 Å². The van der Waals surface area contributed by atoms with E-state index in [1.807, 2.05) is 28.8 Å². The van der Waals surface area contributed by atoms with Crippen LogP contribution in [0, 0.1) is 0 Å². The van der Waals surface area contributed by atoms with Gasteiger partial charge in [0, 0.05) is 12.5 Å². The molecule has 0 bridgehead atoms. The van der Waals surface area contributed by atoms with Crippen molar-refractivity contribution in [1.82, 2.24) is 0 Å². The molecule has 0 aliphatic heterocycles. The molecular weight excluding hydrogens is 234 g/mol. The lowest BCUT2D eigenvalue weighted by Crippen LogP contribution is -2.38. The van der Waals surface area contributed by atoms with Gasteiger partial charge in [-0.2, -0.15) is 4.57 Å². The van der Waals surface area contributed by atoms with Crippen LogP contribution >= 0.6 is 11.3 Å². The van der Waals surface area contributed by atoms with Crippen LogP contribution in [0.5, 0.6) is 0 Å². The molecule has 2 rings (SSSR count). The molecule has 1 aromatic carbocycles. The number of benzene rings is 1. The van der Waals surface area contributed by atoms with Crippen molar-refractivity contribution in [2.45, 2.75) is 32.7 Å². The highest BCUT2D eigenvalue weighted by molar-refractivity contribution is 7.19. The van der Waals surface area contributed by atoms with Crippen LogP contribution in [0.3, 0.4) is 0 Å². The third kappa shape index (κ3) is 2.47. The zero-order valence-electron chi connectivity index (χ0n) is 9.85. The lowest BCUT2D eigenvalue weighted by molar-refractivity contribution is -0.670. The molecule has 0 amide bonds. The number of aromatic carboxylic acids is 1. The minimum atomic E-state index is -0.831. The van der Waals surface area contributed by atoms with E-state index in [9.17, 15) is 9.90 Å². The Morgan fingerprint density at radius 1 is 1.35 bits per heavy atom. The first-order valence-electron chi connectivity index (χ1n) is 5.88. The van der Waals surface area contributed by atoms with Crippen molar-refractivity contribution in [2.75, 3.05) is 0 Å². The highest BCUT2D eigenvalue weighted by Gasteiger charge is 2.25. The van der Waals surface area contributed by atoms with Gasteiger partial charge < -0.3 is 5.11 Å². The lowest BCUT2D eigenvalue weighted by Gasteiger charge is -1.96. The average molecular weight is 250 g/mol.